The van der Waals surface area contributed by atoms with Crippen molar-refractivity contribution in [3.63, 3.8) is 0 Å². The van der Waals surface area contributed by atoms with Crippen LogP contribution in [0, 0.1) is 5.82 Å². The van der Waals surface area contributed by atoms with Gasteiger partial charge in [0.05, 0.1) is 5.75 Å². The summed E-state index contributed by atoms with van der Waals surface area (Å²) in [5.74, 6) is 6.99. The Labute approximate surface area is 163 Å². The number of thioether (sulfide) groups is 1. The van der Waals surface area contributed by atoms with Gasteiger partial charge in [0.2, 0.25) is 11.1 Å². The molecule has 1 aromatic heterocycles. The highest BCUT2D eigenvalue weighted by atomic mass is 32.2. The molecule has 0 saturated carbocycles. The van der Waals surface area contributed by atoms with Gasteiger partial charge in [0, 0.05) is 17.3 Å². The zero-order chi connectivity index (χ0) is 19.5. The summed E-state index contributed by atoms with van der Waals surface area (Å²) in [7, 11) is 0. The van der Waals surface area contributed by atoms with E-state index in [0.29, 0.717) is 46.9 Å². The number of benzene rings is 2. The molecule has 0 fully saturated rings. The average Bonchev–Trinajstić information content (AvgIpc) is 3.07. The minimum Gasteiger partial charge on any atom is -0.486 e. The third kappa shape index (κ3) is 3.86. The predicted molar refractivity (Wildman–Crippen MR) is 102 cm³/mol. The molecule has 4 rings (SSSR count). The SMILES string of the molecule is Nn1c(SCC(=O)Nc2ccc3c(c2)OCCO3)nnc1-c1cccc(F)c1. The summed E-state index contributed by atoms with van der Waals surface area (Å²) in [6.07, 6.45) is 0. The molecule has 3 aromatic rings. The second kappa shape index (κ2) is 7.77. The van der Waals surface area contributed by atoms with Gasteiger partial charge >= 0.3 is 0 Å². The van der Waals surface area contributed by atoms with E-state index in [4.69, 9.17) is 15.3 Å². The summed E-state index contributed by atoms with van der Waals surface area (Å²) in [5.41, 5.74) is 1.10. The third-order valence-corrected chi connectivity index (χ3v) is 4.85. The average molecular weight is 401 g/mol. The number of hydrogen-bond acceptors (Lipinski definition) is 7. The van der Waals surface area contributed by atoms with Crippen LogP contribution in [0.5, 0.6) is 11.5 Å². The van der Waals surface area contributed by atoms with Crippen LogP contribution < -0.4 is 20.6 Å². The van der Waals surface area contributed by atoms with Crippen LogP contribution in [0.1, 0.15) is 0 Å². The predicted octanol–water partition coefficient (Wildman–Crippen LogP) is 2.30. The number of amides is 1. The molecule has 144 valence electrons. The summed E-state index contributed by atoms with van der Waals surface area (Å²) in [5, 5.41) is 11.1. The number of ether oxygens (including phenoxy) is 2. The molecule has 0 aliphatic carbocycles. The zero-order valence-electron chi connectivity index (χ0n) is 14.6. The van der Waals surface area contributed by atoms with Crippen LogP contribution in [-0.2, 0) is 4.79 Å². The second-order valence-corrected chi connectivity index (χ2v) is 6.82. The zero-order valence-corrected chi connectivity index (χ0v) is 15.4. The minimum absolute atomic E-state index is 0.0763. The van der Waals surface area contributed by atoms with Gasteiger partial charge in [-0.25, -0.2) is 9.07 Å². The lowest BCUT2D eigenvalue weighted by Crippen LogP contribution is -2.18. The normalized spacial score (nSPS) is 12.6. The molecule has 1 aliphatic heterocycles. The summed E-state index contributed by atoms with van der Waals surface area (Å²) in [4.78, 5) is 12.2. The highest BCUT2D eigenvalue weighted by Crippen LogP contribution is 2.32. The van der Waals surface area contributed by atoms with E-state index in [9.17, 15) is 9.18 Å². The fraction of sp³-hybridized carbons (Fsp3) is 0.167. The van der Waals surface area contributed by atoms with E-state index in [1.807, 2.05) is 0 Å². The molecule has 0 spiro atoms. The van der Waals surface area contributed by atoms with E-state index in [2.05, 4.69) is 15.5 Å². The largest absolute Gasteiger partial charge is 0.486 e. The Morgan fingerprint density at radius 1 is 1.18 bits per heavy atom. The Balaban J connectivity index is 1.39. The number of halogens is 1. The van der Waals surface area contributed by atoms with E-state index in [0.717, 1.165) is 11.8 Å². The van der Waals surface area contributed by atoms with Gasteiger partial charge in [0.15, 0.2) is 17.3 Å². The number of nitrogens with two attached hydrogens (primary N) is 1. The van der Waals surface area contributed by atoms with Gasteiger partial charge < -0.3 is 20.6 Å². The Morgan fingerprint density at radius 2 is 2.00 bits per heavy atom. The van der Waals surface area contributed by atoms with Crippen LogP contribution in [0.4, 0.5) is 10.1 Å². The molecule has 1 aliphatic rings. The number of nitrogen functional groups attached to an aromatic ring is 1. The first kappa shape index (κ1) is 18.1. The van der Waals surface area contributed by atoms with Crippen molar-refractivity contribution in [2.45, 2.75) is 5.16 Å². The Hall–Kier alpha value is -3.27. The summed E-state index contributed by atoms with van der Waals surface area (Å²) >= 11 is 1.13. The van der Waals surface area contributed by atoms with Gasteiger partial charge in [0.25, 0.3) is 0 Å². The van der Waals surface area contributed by atoms with E-state index >= 15 is 0 Å². The number of carbonyl (C=O) groups excluding carboxylic acids is 1. The van der Waals surface area contributed by atoms with Gasteiger partial charge in [-0.15, -0.1) is 10.2 Å². The highest BCUT2D eigenvalue weighted by molar-refractivity contribution is 7.99. The number of carbonyl (C=O) groups is 1. The van der Waals surface area contributed by atoms with Crippen molar-refractivity contribution >= 4 is 23.4 Å². The van der Waals surface area contributed by atoms with E-state index in [1.165, 1.54) is 16.8 Å². The minimum atomic E-state index is -0.395. The maximum Gasteiger partial charge on any atom is 0.234 e. The topological polar surface area (TPSA) is 104 Å². The number of rotatable bonds is 5. The third-order valence-electron chi connectivity index (χ3n) is 3.91. The molecule has 1 amide bonds. The van der Waals surface area contributed by atoms with Crippen LogP contribution in [-0.4, -0.2) is 39.7 Å². The molecule has 2 heterocycles. The first-order chi connectivity index (χ1) is 13.6. The molecule has 8 nitrogen and oxygen atoms in total. The fourth-order valence-electron chi connectivity index (χ4n) is 2.65. The Kier molecular flexibility index (Phi) is 5.02. The van der Waals surface area contributed by atoms with Crippen LogP contribution in [0.3, 0.4) is 0 Å². The number of fused-ring (bicyclic) bond motifs is 1. The quantitative estimate of drug-likeness (QED) is 0.499. The Morgan fingerprint density at radius 3 is 2.82 bits per heavy atom. The molecule has 2 aromatic carbocycles. The standard InChI is InChI=1S/C18H16FN5O3S/c19-12-3-1-2-11(8-12)17-22-23-18(24(17)20)28-10-16(25)21-13-4-5-14-15(9-13)27-7-6-26-14/h1-5,8-9H,6-7,10,20H2,(H,21,25). The van der Waals surface area contributed by atoms with Crippen molar-refractivity contribution in [1.82, 2.24) is 14.9 Å². The molecular weight excluding hydrogens is 385 g/mol. The second-order valence-electron chi connectivity index (χ2n) is 5.88. The summed E-state index contributed by atoms with van der Waals surface area (Å²) < 4.78 is 25.6. The molecule has 0 radical (unpaired) electrons. The van der Waals surface area contributed by atoms with Crippen molar-refractivity contribution in [2.75, 3.05) is 30.1 Å². The molecule has 0 saturated heterocycles. The monoisotopic (exact) mass is 401 g/mol. The van der Waals surface area contributed by atoms with Crippen LogP contribution >= 0.6 is 11.8 Å². The van der Waals surface area contributed by atoms with Gasteiger partial charge in [-0.3, -0.25) is 4.79 Å². The number of aromatic nitrogens is 3. The van der Waals surface area contributed by atoms with Crippen LogP contribution in [0.15, 0.2) is 47.6 Å². The molecule has 0 unspecified atom stereocenters. The first-order valence-electron chi connectivity index (χ1n) is 8.39. The summed E-state index contributed by atoms with van der Waals surface area (Å²) in [6, 6.07) is 11.1. The number of nitrogens with zero attached hydrogens (tertiary/aromatic N) is 3. The molecule has 10 heteroatoms. The van der Waals surface area contributed by atoms with E-state index < -0.39 is 5.82 Å². The lowest BCUT2D eigenvalue weighted by molar-refractivity contribution is -0.113. The van der Waals surface area contributed by atoms with Crippen molar-refractivity contribution in [3.05, 3.63) is 48.3 Å². The van der Waals surface area contributed by atoms with Gasteiger partial charge in [-0.2, -0.15) is 0 Å². The maximum atomic E-state index is 13.4. The molecule has 28 heavy (non-hydrogen) atoms. The molecule has 0 bridgehead atoms. The molecular formula is C18H16FN5O3S. The first-order valence-corrected chi connectivity index (χ1v) is 9.37. The maximum absolute atomic E-state index is 13.4. The highest BCUT2D eigenvalue weighted by Gasteiger charge is 2.16. The fourth-order valence-corrected chi connectivity index (χ4v) is 3.30. The lowest BCUT2D eigenvalue weighted by Gasteiger charge is -2.18. The van der Waals surface area contributed by atoms with E-state index in [1.54, 1.807) is 30.3 Å². The lowest BCUT2D eigenvalue weighted by atomic mass is 10.2. The molecule has 3 N–H and O–H groups in total. The Bertz CT molecular complexity index is 1030. The number of hydrogen-bond donors (Lipinski definition) is 2. The number of nitrogens with one attached hydrogen (secondary N) is 1. The van der Waals surface area contributed by atoms with Gasteiger partial charge in [-0.05, 0) is 24.3 Å². The van der Waals surface area contributed by atoms with Crippen molar-refractivity contribution in [3.8, 4) is 22.9 Å². The number of anilines is 1. The van der Waals surface area contributed by atoms with Crippen LogP contribution in [0.25, 0.3) is 11.4 Å². The smallest absolute Gasteiger partial charge is 0.234 e. The van der Waals surface area contributed by atoms with Crippen molar-refractivity contribution in [2.24, 2.45) is 0 Å². The summed E-state index contributed by atoms with van der Waals surface area (Å²) in [6.45, 7) is 0.979. The van der Waals surface area contributed by atoms with Crippen molar-refractivity contribution < 1.29 is 18.7 Å². The molecule has 0 atom stereocenters. The van der Waals surface area contributed by atoms with Gasteiger partial charge in [0.1, 0.15) is 19.0 Å². The van der Waals surface area contributed by atoms with Crippen LogP contribution in [0.2, 0.25) is 0 Å². The van der Waals surface area contributed by atoms with E-state index in [-0.39, 0.29) is 11.7 Å². The van der Waals surface area contributed by atoms with Crippen molar-refractivity contribution in [1.29, 1.82) is 0 Å². The van der Waals surface area contributed by atoms with Gasteiger partial charge in [-0.1, -0.05) is 23.9 Å².